The van der Waals surface area contributed by atoms with Crippen molar-refractivity contribution in [3.8, 4) is 11.5 Å². The molecule has 2 aliphatic heterocycles. The zero-order valence-electron chi connectivity index (χ0n) is 10.0. The van der Waals surface area contributed by atoms with E-state index < -0.39 is 6.29 Å². The maximum absolute atomic E-state index is 13.1. The van der Waals surface area contributed by atoms with Crippen molar-refractivity contribution < 1.29 is 23.0 Å². The van der Waals surface area contributed by atoms with Gasteiger partial charge in [0.15, 0.2) is 11.5 Å². The molecule has 1 aromatic rings. The van der Waals surface area contributed by atoms with Crippen LogP contribution in [0.25, 0.3) is 0 Å². The van der Waals surface area contributed by atoms with Gasteiger partial charge in [-0.05, 0) is 24.5 Å². The minimum absolute atomic E-state index is 0.102. The Bertz CT molecular complexity index is 474. The topological polar surface area (TPSA) is 27.7 Å². The molecule has 0 radical (unpaired) electrons. The smallest absolute Gasteiger partial charge is 0.395 e. The van der Waals surface area contributed by atoms with E-state index in [4.69, 9.17) is 4.74 Å². The van der Waals surface area contributed by atoms with Crippen LogP contribution < -0.4 is 9.47 Å². The van der Waals surface area contributed by atoms with Crippen LogP contribution in [0.1, 0.15) is 37.0 Å². The van der Waals surface area contributed by atoms with E-state index in [9.17, 15) is 8.78 Å². The van der Waals surface area contributed by atoms with Crippen molar-refractivity contribution >= 4 is 0 Å². The van der Waals surface area contributed by atoms with Gasteiger partial charge < -0.3 is 14.2 Å². The lowest BCUT2D eigenvalue weighted by molar-refractivity contribution is -0.287. The normalized spacial score (nSPS) is 23.8. The highest BCUT2D eigenvalue weighted by molar-refractivity contribution is 5.54. The van der Waals surface area contributed by atoms with Gasteiger partial charge in [0.2, 0.25) is 0 Å². The van der Waals surface area contributed by atoms with E-state index in [0.717, 1.165) is 30.4 Å². The lowest BCUT2D eigenvalue weighted by atomic mass is 9.93. The maximum Gasteiger partial charge on any atom is 0.586 e. The van der Waals surface area contributed by atoms with Crippen molar-refractivity contribution in [3.63, 3.8) is 0 Å². The average Bonchev–Trinajstić information content (AvgIpc) is 2.64. The van der Waals surface area contributed by atoms with Gasteiger partial charge in [0.05, 0.1) is 12.7 Å². The van der Waals surface area contributed by atoms with E-state index in [-0.39, 0.29) is 17.6 Å². The number of ether oxygens (including phenoxy) is 3. The fraction of sp³-hybridized carbons (Fsp3) is 0.538. The van der Waals surface area contributed by atoms with Crippen molar-refractivity contribution in [2.24, 2.45) is 0 Å². The second-order valence-corrected chi connectivity index (χ2v) is 4.53. The van der Waals surface area contributed by atoms with E-state index in [1.807, 2.05) is 13.0 Å². The fourth-order valence-corrected chi connectivity index (χ4v) is 2.53. The van der Waals surface area contributed by atoms with Gasteiger partial charge in [-0.3, -0.25) is 0 Å². The molecule has 0 saturated heterocycles. The molecule has 0 aromatic heterocycles. The third-order valence-corrected chi connectivity index (χ3v) is 3.26. The Hall–Kier alpha value is -1.36. The summed E-state index contributed by atoms with van der Waals surface area (Å²) in [6.07, 6.45) is -1.31. The number of halogens is 2. The van der Waals surface area contributed by atoms with Crippen LogP contribution >= 0.6 is 0 Å². The number of alkyl halides is 2. The summed E-state index contributed by atoms with van der Waals surface area (Å²) in [5.74, 6) is 0.251. The quantitative estimate of drug-likeness (QED) is 0.811. The predicted octanol–water partition coefficient (Wildman–Crippen LogP) is 3.42. The molecule has 0 saturated carbocycles. The Morgan fingerprint density at radius 2 is 2.17 bits per heavy atom. The lowest BCUT2D eigenvalue weighted by Gasteiger charge is -2.26. The van der Waals surface area contributed by atoms with Crippen molar-refractivity contribution in [1.82, 2.24) is 0 Å². The van der Waals surface area contributed by atoms with Crippen LogP contribution in [-0.2, 0) is 11.2 Å². The van der Waals surface area contributed by atoms with Crippen molar-refractivity contribution in [3.05, 3.63) is 23.3 Å². The van der Waals surface area contributed by atoms with Crippen LogP contribution in [0.15, 0.2) is 12.1 Å². The zero-order valence-corrected chi connectivity index (χ0v) is 10.0. The summed E-state index contributed by atoms with van der Waals surface area (Å²) in [6.45, 7) is 2.65. The SMILES string of the molecule is CCC[C@H]1OCCc2ccc3c(c21)OC(F)(F)O3. The molecule has 0 aliphatic carbocycles. The van der Waals surface area contributed by atoms with Crippen LogP contribution in [-0.4, -0.2) is 12.9 Å². The Kier molecular flexibility index (Phi) is 2.66. The van der Waals surface area contributed by atoms with Crippen molar-refractivity contribution in [2.45, 2.75) is 38.6 Å². The molecule has 3 nitrogen and oxygen atoms in total. The highest BCUT2D eigenvalue weighted by Crippen LogP contribution is 2.49. The first kappa shape index (κ1) is 11.7. The molecule has 5 heteroatoms. The lowest BCUT2D eigenvalue weighted by Crippen LogP contribution is -2.26. The van der Waals surface area contributed by atoms with Crippen LogP contribution in [0, 0.1) is 0 Å². The molecule has 3 rings (SSSR count). The summed E-state index contributed by atoms with van der Waals surface area (Å²) in [5, 5.41) is 0. The molecule has 0 spiro atoms. The molecular weight excluding hydrogens is 242 g/mol. The first-order chi connectivity index (χ1) is 8.61. The number of fused-ring (bicyclic) bond motifs is 3. The average molecular weight is 256 g/mol. The van der Waals surface area contributed by atoms with Gasteiger partial charge in [0.25, 0.3) is 0 Å². The van der Waals surface area contributed by atoms with Crippen LogP contribution in [0.3, 0.4) is 0 Å². The molecule has 1 atom stereocenters. The van der Waals surface area contributed by atoms with E-state index in [0.29, 0.717) is 6.61 Å². The first-order valence-electron chi connectivity index (χ1n) is 6.14. The first-order valence-corrected chi connectivity index (χ1v) is 6.14. The number of hydrogen-bond acceptors (Lipinski definition) is 3. The van der Waals surface area contributed by atoms with E-state index in [1.54, 1.807) is 6.07 Å². The third kappa shape index (κ3) is 1.82. The summed E-state index contributed by atoms with van der Waals surface area (Å²) in [7, 11) is 0. The molecule has 2 heterocycles. The summed E-state index contributed by atoms with van der Waals surface area (Å²) in [6, 6.07) is 3.37. The number of benzene rings is 1. The van der Waals surface area contributed by atoms with Gasteiger partial charge in [-0.15, -0.1) is 8.78 Å². The molecular formula is C13H14F2O3. The summed E-state index contributed by atoms with van der Waals surface area (Å²) >= 11 is 0. The summed E-state index contributed by atoms with van der Waals surface area (Å²) < 4.78 is 41.0. The Morgan fingerprint density at radius 3 is 2.94 bits per heavy atom. The van der Waals surface area contributed by atoms with Gasteiger partial charge in [-0.25, -0.2) is 0 Å². The van der Waals surface area contributed by atoms with Gasteiger partial charge >= 0.3 is 6.29 Å². The van der Waals surface area contributed by atoms with Gasteiger partial charge in [-0.2, -0.15) is 0 Å². The molecule has 0 fully saturated rings. The monoisotopic (exact) mass is 256 g/mol. The summed E-state index contributed by atoms with van der Waals surface area (Å²) in [4.78, 5) is 0. The number of rotatable bonds is 2. The second kappa shape index (κ2) is 4.09. The van der Waals surface area contributed by atoms with E-state index in [1.165, 1.54) is 0 Å². The van der Waals surface area contributed by atoms with Crippen LogP contribution in [0.4, 0.5) is 8.78 Å². The minimum atomic E-state index is -3.56. The van der Waals surface area contributed by atoms with Crippen LogP contribution in [0.5, 0.6) is 11.5 Å². The standard InChI is InChI=1S/C13H14F2O3/c1-2-3-9-11-8(6-7-16-9)4-5-10-12(11)18-13(14,15)17-10/h4-5,9H,2-3,6-7H2,1H3/t9-/m1/s1. The largest absolute Gasteiger partial charge is 0.586 e. The Balaban J connectivity index is 2.06. The molecule has 0 bridgehead atoms. The molecule has 98 valence electrons. The molecule has 1 aromatic carbocycles. The maximum atomic E-state index is 13.1. The molecule has 2 aliphatic rings. The fourth-order valence-electron chi connectivity index (χ4n) is 2.53. The minimum Gasteiger partial charge on any atom is -0.395 e. The zero-order chi connectivity index (χ0) is 12.8. The highest BCUT2D eigenvalue weighted by Gasteiger charge is 2.46. The predicted molar refractivity (Wildman–Crippen MR) is 60.0 cm³/mol. The van der Waals surface area contributed by atoms with E-state index in [2.05, 4.69) is 9.47 Å². The summed E-state index contributed by atoms with van der Waals surface area (Å²) in [5.41, 5.74) is 1.75. The highest BCUT2D eigenvalue weighted by atomic mass is 19.3. The van der Waals surface area contributed by atoms with Gasteiger partial charge in [-0.1, -0.05) is 19.4 Å². The molecule has 0 N–H and O–H groups in total. The molecule has 0 unspecified atom stereocenters. The van der Waals surface area contributed by atoms with Crippen molar-refractivity contribution in [2.75, 3.05) is 6.61 Å². The Morgan fingerprint density at radius 1 is 1.33 bits per heavy atom. The molecule has 0 amide bonds. The second-order valence-electron chi connectivity index (χ2n) is 4.53. The molecule has 18 heavy (non-hydrogen) atoms. The van der Waals surface area contributed by atoms with Crippen LogP contribution in [0.2, 0.25) is 0 Å². The van der Waals surface area contributed by atoms with Gasteiger partial charge in [0.1, 0.15) is 0 Å². The third-order valence-electron chi connectivity index (χ3n) is 3.26. The van der Waals surface area contributed by atoms with Crippen molar-refractivity contribution in [1.29, 1.82) is 0 Å². The van der Waals surface area contributed by atoms with E-state index >= 15 is 0 Å². The number of hydrogen-bond donors (Lipinski definition) is 0. The van der Waals surface area contributed by atoms with Gasteiger partial charge in [0, 0.05) is 5.56 Å². The Labute approximate surface area is 104 Å².